The summed E-state index contributed by atoms with van der Waals surface area (Å²) in [5.74, 6) is -1.24. The SMILES string of the molecule is CC(=O)N(N=C(N)COc1ccccc1)C1C(=O)N2C(C(=O)O)=C(Br)CS[C@H]12. The molecule has 1 fully saturated rings. The number of nitrogens with zero attached hydrogens (tertiary/aromatic N) is 3. The van der Waals surface area contributed by atoms with E-state index in [0.717, 1.165) is 9.91 Å². The quantitative estimate of drug-likeness (QED) is 0.277. The van der Waals surface area contributed by atoms with Gasteiger partial charge in [-0.25, -0.2) is 9.80 Å². The number of carbonyl (C=O) groups is 3. The first-order valence-corrected chi connectivity index (χ1v) is 10.0. The van der Waals surface area contributed by atoms with Crippen molar-refractivity contribution in [2.45, 2.75) is 18.3 Å². The molecule has 2 aliphatic heterocycles. The van der Waals surface area contributed by atoms with Crippen LogP contribution in [-0.2, 0) is 14.4 Å². The third-order valence-electron chi connectivity index (χ3n) is 4.05. The van der Waals surface area contributed by atoms with E-state index in [4.69, 9.17) is 10.5 Å². The number of carbonyl (C=O) groups excluding carboxylic acids is 2. The number of rotatable bonds is 6. The van der Waals surface area contributed by atoms with Crippen molar-refractivity contribution in [1.82, 2.24) is 9.91 Å². The van der Waals surface area contributed by atoms with Crippen molar-refractivity contribution in [1.29, 1.82) is 0 Å². The van der Waals surface area contributed by atoms with Crippen LogP contribution in [0.3, 0.4) is 0 Å². The number of halogens is 1. The van der Waals surface area contributed by atoms with E-state index in [0.29, 0.717) is 16.0 Å². The van der Waals surface area contributed by atoms with E-state index in [1.54, 1.807) is 24.3 Å². The Hall–Kier alpha value is -2.53. The summed E-state index contributed by atoms with van der Waals surface area (Å²) in [6.07, 6.45) is 0. The number of hydrogen-bond donors (Lipinski definition) is 2. The van der Waals surface area contributed by atoms with Gasteiger partial charge in [0.05, 0.1) is 0 Å². The van der Waals surface area contributed by atoms with Crippen molar-refractivity contribution in [2.24, 2.45) is 10.8 Å². The Morgan fingerprint density at radius 2 is 2.11 bits per heavy atom. The first-order chi connectivity index (χ1) is 13.3. The molecule has 2 atom stereocenters. The van der Waals surface area contributed by atoms with Crippen molar-refractivity contribution < 1.29 is 24.2 Å². The number of fused-ring (bicyclic) bond motifs is 1. The Morgan fingerprint density at radius 1 is 1.43 bits per heavy atom. The number of para-hydroxylation sites is 1. The standard InChI is InChI=1S/C17H17BrN4O5S/c1-9(23)22(20-12(19)7-27-10-5-3-2-4-6-10)14-15(24)21-13(17(25)26)11(18)8-28-16(14)21/h2-6,14,16H,7-8H2,1H3,(H2,19,20)(H,25,26)/t14?,16-/m1/s1. The highest BCUT2D eigenvalue weighted by Gasteiger charge is 2.57. The molecule has 3 N–H and O–H groups in total. The van der Waals surface area contributed by atoms with Crippen LogP contribution in [0.1, 0.15) is 6.92 Å². The van der Waals surface area contributed by atoms with E-state index in [1.165, 1.54) is 18.7 Å². The summed E-state index contributed by atoms with van der Waals surface area (Å²) in [7, 11) is 0. The molecule has 2 aliphatic rings. The molecule has 1 saturated heterocycles. The predicted molar refractivity (Wildman–Crippen MR) is 107 cm³/mol. The molecule has 1 aromatic rings. The number of ether oxygens (including phenoxy) is 1. The van der Waals surface area contributed by atoms with Crippen LogP contribution in [0.25, 0.3) is 0 Å². The molecule has 148 valence electrons. The molecule has 0 saturated carbocycles. The van der Waals surface area contributed by atoms with Crippen LogP contribution in [0, 0.1) is 0 Å². The van der Waals surface area contributed by atoms with E-state index in [9.17, 15) is 19.5 Å². The highest BCUT2D eigenvalue weighted by molar-refractivity contribution is 9.11. The number of β-lactam (4-membered cyclic amide) rings is 1. The number of amidine groups is 1. The first-order valence-electron chi connectivity index (χ1n) is 8.18. The van der Waals surface area contributed by atoms with Crippen LogP contribution < -0.4 is 10.5 Å². The maximum atomic E-state index is 12.6. The molecule has 11 heteroatoms. The number of nitrogens with two attached hydrogens (primary N) is 1. The predicted octanol–water partition coefficient (Wildman–Crippen LogP) is 1.16. The summed E-state index contributed by atoms with van der Waals surface area (Å²) in [5, 5.41) is 13.9. The normalized spacial score (nSPS) is 21.7. The van der Waals surface area contributed by atoms with Gasteiger partial charge in [-0.15, -0.1) is 11.8 Å². The van der Waals surface area contributed by atoms with Gasteiger partial charge >= 0.3 is 5.97 Å². The lowest BCUT2D eigenvalue weighted by molar-refractivity contribution is -0.159. The fraction of sp³-hybridized carbons (Fsp3) is 0.294. The van der Waals surface area contributed by atoms with E-state index < -0.39 is 29.2 Å². The number of benzene rings is 1. The van der Waals surface area contributed by atoms with Gasteiger partial charge in [0.15, 0.2) is 11.9 Å². The fourth-order valence-electron chi connectivity index (χ4n) is 2.82. The van der Waals surface area contributed by atoms with Crippen LogP contribution in [0.5, 0.6) is 5.75 Å². The summed E-state index contributed by atoms with van der Waals surface area (Å²) in [5.41, 5.74) is 5.76. The summed E-state index contributed by atoms with van der Waals surface area (Å²) >= 11 is 4.53. The molecule has 0 aliphatic carbocycles. The molecule has 2 amide bonds. The van der Waals surface area contributed by atoms with Crippen LogP contribution in [0.2, 0.25) is 0 Å². The zero-order valence-electron chi connectivity index (χ0n) is 14.7. The Balaban J connectivity index is 1.76. The van der Waals surface area contributed by atoms with Crippen LogP contribution >= 0.6 is 27.7 Å². The second-order valence-corrected chi connectivity index (χ2v) is 8.03. The number of thioether (sulfide) groups is 1. The Labute approximate surface area is 173 Å². The van der Waals surface area contributed by atoms with Gasteiger partial charge in [-0.1, -0.05) is 34.1 Å². The van der Waals surface area contributed by atoms with Crippen molar-refractivity contribution in [3.05, 3.63) is 40.5 Å². The second-order valence-electron chi connectivity index (χ2n) is 5.97. The third-order valence-corrected chi connectivity index (χ3v) is 6.34. The molecule has 9 nitrogen and oxygen atoms in total. The lowest BCUT2D eigenvalue weighted by atomic mass is 10.0. The number of hydrazone groups is 1. The van der Waals surface area contributed by atoms with Gasteiger partial charge < -0.3 is 15.6 Å². The third kappa shape index (κ3) is 3.85. The first kappa shape index (κ1) is 20.2. The summed E-state index contributed by atoms with van der Waals surface area (Å²) in [6, 6.07) is 8.03. The Bertz CT molecular complexity index is 876. The van der Waals surface area contributed by atoms with Gasteiger partial charge in [0.25, 0.3) is 5.91 Å². The summed E-state index contributed by atoms with van der Waals surface area (Å²) in [6.45, 7) is 1.20. The van der Waals surface area contributed by atoms with E-state index >= 15 is 0 Å². The summed E-state index contributed by atoms with van der Waals surface area (Å²) in [4.78, 5) is 37.3. The number of carboxylic acids is 1. The minimum atomic E-state index is -1.21. The van der Waals surface area contributed by atoms with Crippen LogP contribution in [0.4, 0.5) is 0 Å². The van der Waals surface area contributed by atoms with Crippen molar-refractivity contribution in [3.8, 4) is 5.75 Å². The highest BCUT2D eigenvalue weighted by atomic mass is 79.9. The van der Waals surface area contributed by atoms with E-state index in [2.05, 4.69) is 21.0 Å². The topological polar surface area (TPSA) is 126 Å². The van der Waals surface area contributed by atoms with Gasteiger partial charge in [0.2, 0.25) is 5.91 Å². The number of hydrogen-bond acceptors (Lipinski definition) is 6. The number of aliphatic carboxylic acids is 1. The van der Waals surface area contributed by atoms with Crippen LogP contribution in [-0.4, -0.2) is 62.4 Å². The van der Waals surface area contributed by atoms with E-state index in [1.807, 2.05) is 6.07 Å². The zero-order chi connectivity index (χ0) is 20.4. The molecule has 1 aromatic carbocycles. The lowest BCUT2D eigenvalue weighted by Crippen LogP contribution is -2.70. The zero-order valence-corrected chi connectivity index (χ0v) is 17.1. The molecule has 0 spiro atoms. The molecule has 1 unspecified atom stereocenters. The van der Waals surface area contributed by atoms with Gasteiger partial charge in [-0.3, -0.25) is 14.5 Å². The van der Waals surface area contributed by atoms with Crippen molar-refractivity contribution >= 4 is 51.3 Å². The fourth-order valence-corrected chi connectivity index (χ4v) is 4.81. The Morgan fingerprint density at radius 3 is 2.71 bits per heavy atom. The molecule has 0 aromatic heterocycles. The van der Waals surface area contributed by atoms with Gasteiger partial charge in [0.1, 0.15) is 23.4 Å². The van der Waals surface area contributed by atoms with Gasteiger partial charge in [0, 0.05) is 17.2 Å². The second kappa shape index (κ2) is 8.23. The summed E-state index contributed by atoms with van der Waals surface area (Å²) < 4.78 is 5.91. The minimum Gasteiger partial charge on any atom is -0.486 e. The van der Waals surface area contributed by atoms with Crippen molar-refractivity contribution in [3.63, 3.8) is 0 Å². The van der Waals surface area contributed by atoms with E-state index in [-0.39, 0.29) is 18.1 Å². The number of carboxylic acid groups (broad SMARTS) is 1. The van der Waals surface area contributed by atoms with Gasteiger partial charge in [-0.2, -0.15) is 5.10 Å². The smallest absolute Gasteiger partial charge is 0.353 e. The molecule has 2 heterocycles. The highest BCUT2D eigenvalue weighted by Crippen LogP contribution is 2.43. The minimum absolute atomic E-state index is 0.0151. The number of amides is 2. The molecule has 0 radical (unpaired) electrons. The average molecular weight is 469 g/mol. The molecular formula is C17H17BrN4O5S. The molecular weight excluding hydrogens is 452 g/mol. The monoisotopic (exact) mass is 468 g/mol. The Kier molecular flexibility index (Phi) is 5.94. The molecule has 28 heavy (non-hydrogen) atoms. The molecule has 0 bridgehead atoms. The van der Waals surface area contributed by atoms with Crippen LogP contribution in [0.15, 0.2) is 45.6 Å². The average Bonchev–Trinajstić information content (AvgIpc) is 2.66. The molecule has 3 rings (SSSR count). The largest absolute Gasteiger partial charge is 0.486 e. The van der Waals surface area contributed by atoms with Gasteiger partial charge in [-0.05, 0) is 12.1 Å². The lowest BCUT2D eigenvalue weighted by Gasteiger charge is -2.50. The maximum absolute atomic E-state index is 12.6. The maximum Gasteiger partial charge on any atom is 0.353 e. The van der Waals surface area contributed by atoms with Crippen molar-refractivity contribution in [2.75, 3.05) is 12.4 Å².